The summed E-state index contributed by atoms with van der Waals surface area (Å²) in [5, 5.41) is 10.5. The summed E-state index contributed by atoms with van der Waals surface area (Å²) in [5.74, 6) is 3.13. The highest BCUT2D eigenvalue weighted by molar-refractivity contribution is 5.62. The Morgan fingerprint density at radius 3 is 2.79 bits per heavy atom. The molecule has 0 saturated heterocycles. The number of ether oxygens (including phenoxy) is 2. The number of aromatic nitrogens is 3. The fourth-order valence-corrected chi connectivity index (χ4v) is 2.64. The number of hydrogen-bond acceptors (Lipinski definition) is 5. The maximum Gasteiger partial charge on any atom is 0.181 e. The molecule has 0 amide bonds. The molecule has 122 valence electrons. The topological polar surface area (TPSA) is 72.1 Å². The van der Waals surface area contributed by atoms with Crippen LogP contribution < -0.4 is 14.8 Å². The van der Waals surface area contributed by atoms with E-state index >= 15 is 0 Å². The van der Waals surface area contributed by atoms with E-state index in [4.69, 9.17) is 9.47 Å². The predicted octanol–water partition coefficient (Wildman–Crippen LogP) is 3.16. The smallest absolute Gasteiger partial charge is 0.181 e. The molecular weight excluding hydrogens is 304 g/mol. The van der Waals surface area contributed by atoms with Crippen LogP contribution >= 0.6 is 0 Å². The van der Waals surface area contributed by atoms with Crippen molar-refractivity contribution in [3.05, 3.63) is 53.9 Å². The molecule has 0 fully saturated rings. The highest BCUT2D eigenvalue weighted by Crippen LogP contribution is 2.31. The lowest BCUT2D eigenvalue weighted by Crippen LogP contribution is -2.15. The molecule has 1 aliphatic rings. The highest BCUT2D eigenvalue weighted by Gasteiger charge is 2.11. The Morgan fingerprint density at radius 2 is 1.96 bits per heavy atom. The van der Waals surface area contributed by atoms with E-state index < -0.39 is 0 Å². The third kappa shape index (κ3) is 3.03. The Morgan fingerprint density at radius 1 is 1.08 bits per heavy atom. The Labute approximate surface area is 139 Å². The van der Waals surface area contributed by atoms with E-state index in [-0.39, 0.29) is 0 Å². The van der Waals surface area contributed by atoms with Crippen molar-refractivity contribution in [1.29, 1.82) is 0 Å². The SMILES string of the molecule is Cc1nc(-c2cccc(NCc3ccc4c(c3)OCCO4)c2)n[nH]1. The average molecular weight is 322 g/mol. The molecule has 0 unspecified atom stereocenters. The summed E-state index contributed by atoms with van der Waals surface area (Å²) in [6.07, 6.45) is 0. The van der Waals surface area contributed by atoms with Crippen LogP contribution in [0, 0.1) is 6.92 Å². The summed E-state index contributed by atoms with van der Waals surface area (Å²) >= 11 is 0. The number of nitrogens with one attached hydrogen (secondary N) is 2. The van der Waals surface area contributed by atoms with E-state index in [1.54, 1.807) is 0 Å². The van der Waals surface area contributed by atoms with Gasteiger partial charge in [-0.25, -0.2) is 4.98 Å². The van der Waals surface area contributed by atoms with Gasteiger partial charge >= 0.3 is 0 Å². The summed E-state index contributed by atoms with van der Waals surface area (Å²) < 4.78 is 11.2. The lowest BCUT2D eigenvalue weighted by atomic mass is 10.1. The highest BCUT2D eigenvalue weighted by atomic mass is 16.6. The van der Waals surface area contributed by atoms with Gasteiger partial charge in [-0.1, -0.05) is 18.2 Å². The van der Waals surface area contributed by atoms with Gasteiger partial charge in [0.15, 0.2) is 17.3 Å². The standard InChI is InChI=1S/C18H18N4O2/c1-12-20-18(22-21-12)14-3-2-4-15(10-14)19-11-13-5-6-16-17(9-13)24-8-7-23-16/h2-6,9-10,19H,7-8,11H2,1H3,(H,20,21,22). The number of aryl methyl sites for hydroxylation is 1. The molecule has 2 aromatic carbocycles. The molecular formula is C18H18N4O2. The summed E-state index contributed by atoms with van der Waals surface area (Å²) in [5.41, 5.74) is 3.13. The molecule has 0 saturated carbocycles. The van der Waals surface area contributed by atoms with E-state index in [0.717, 1.165) is 34.1 Å². The zero-order valence-electron chi connectivity index (χ0n) is 13.4. The fourth-order valence-electron chi connectivity index (χ4n) is 2.64. The van der Waals surface area contributed by atoms with Crippen LogP contribution in [0.2, 0.25) is 0 Å². The lowest BCUT2D eigenvalue weighted by molar-refractivity contribution is 0.171. The van der Waals surface area contributed by atoms with Crippen LogP contribution in [0.25, 0.3) is 11.4 Å². The second kappa shape index (κ2) is 6.23. The van der Waals surface area contributed by atoms with Crippen LogP contribution in [0.4, 0.5) is 5.69 Å². The van der Waals surface area contributed by atoms with Crippen molar-refractivity contribution in [3.8, 4) is 22.9 Å². The van der Waals surface area contributed by atoms with Gasteiger partial charge in [-0.2, -0.15) is 5.10 Å². The molecule has 4 rings (SSSR count). The van der Waals surface area contributed by atoms with Gasteiger partial charge in [0.25, 0.3) is 0 Å². The van der Waals surface area contributed by atoms with Crippen LogP contribution in [0.15, 0.2) is 42.5 Å². The molecule has 0 atom stereocenters. The van der Waals surface area contributed by atoms with Crippen LogP contribution in [0.3, 0.4) is 0 Å². The fraction of sp³-hybridized carbons (Fsp3) is 0.222. The first-order valence-electron chi connectivity index (χ1n) is 7.90. The van der Waals surface area contributed by atoms with Crippen molar-refractivity contribution >= 4 is 5.69 Å². The first kappa shape index (κ1) is 14.6. The lowest BCUT2D eigenvalue weighted by Gasteiger charge is -2.19. The zero-order valence-corrected chi connectivity index (χ0v) is 13.4. The average Bonchev–Trinajstić information content (AvgIpc) is 3.06. The molecule has 6 nitrogen and oxygen atoms in total. The van der Waals surface area contributed by atoms with Crippen molar-refractivity contribution in [2.24, 2.45) is 0 Å². The number of fused-ring (bicyclic) bond motifs is 1. The monoisotopic (exact) mass is 322 g/mol. The molecule has 24 heavy (non-hydrogen) atoms. The molecule has 3 aromatic rings. The van der Waals surface area contributed by atoms with Gasteiger partial charge in [-0.3, -0.25) is 5.10 Å². The van der Waals surface area contributed by atoms with Gasteiger partial charge < -0.3 is 14.8 Å². The Hall–Kier alpha value is -3.02. The van der Waals surface area contributed by atoms with E-state index in [9.17, 15) is 0 Å². The number of H-pyrrole nitrogens is 1. The second-order valence-corrected chi connectivity index (χ2v) is 5.66. The Bertz CT molecular complexity index is 860. The molecule has 6 heteroatoms. The maximum absolute atomic E-state index is 5.62. The number of anilines is 1. The van der Waals surface area contributed by atoms with Gasteiger partial charge in [0, 0.05) is 17.8 Å². The van der Waals surface area contributed by atoms with E-state index in [0.29, 0.717) is 25.6 Å². The number of nitrogens with zero attached hydrogens (tertiary/aromatic N) is 2. The molecule has 2 heterocycles. The first-order valence-corrected chi connectivity index (χ1v) is 7.90. The number of benzene rings is 2. The van der Waals surface area contributed by atoms with Crippen molar-refractivity contribution < 1.29 is 9.47 Å². The van der Waals surface area contributed by atoms with Crippen LogP contribution in [-0.4, -0.2) is 28.4 Å². The van der Waals surface area contributed by atoms with Gasteiger partial charge in [0.1, 0.15) is 19.0 Å². The number of aromatic amines is 1. The minimum Gasteiger partial charge on any atom is -0.486 e. The molecule has 1 aromatic heterocycles. The quantitative estimate of drug-likeness (QED) is 0.772. The van der Waals surface area contributed by atoms with Crippen LogP contribution in [0.1, 0.15) is 11.4 Å². The first-order chi connectivity index (χ1) is 11.8. The van der Waals surface area contributed by atoms with Crippen molar-refractivity contribution in [2.45, 2.75) is 13.5 Å². The largest absolute Gasteiger partial charge is 0.486 e. The predicted molar refractivity (Wildman–Crippen MR) is 91.3 cm³/mol. The molecule has 0 bridgehead atoms. The maximum atomic E-state index is 5.62. The summed E-state index contributed by atoms with van der Waals surface area (Å²) in [4.78, 5) is 4.36. The summed E-state index contributed by atoms with van der Waals surface area (Å²) in [6.45, 7) is 3.80. The minimum atomic E-state index is 0.599. The Kier molecular flexibility index (Phi) is 3.78. The number of hydrogen-bond donors (Lipinski definition) is 2. The normalized spacial score (nSPS) is 12.9. The van der Waals surface area contributed by atoms with Crippen molar-refractivity contribution in [1.82, 2.24) is 15.2 Å². The van der Waals surface area contributed by atoms with Crippen molar-refractivity contribution in [3.63, 3.8) is 0 Å². The number of rotatable bonds is 4. The summed E-state index contributed by atoms with van der Waals surface area (Å²) in [6, 6.07) is 14.1. The minimum absolute atomic E-state index is 0.599. The van der Waals surface area contributed by atoms with Gasteiger partial charge in [0.05, 0.1) is 0 Å². The van der Waals surface area contributed by atoms with Crippen LogP contribution in [0.5, 0.6) is 11.5 Å². The molecule has 0 radical (unpaired) electrons. The second-order valence-electron chi connectivity index (χ2n) is 5.66. The van der Waals surface area contributed by atoms with E-state index in [2.05, 4.69) is 20.5 Å². The molecule has 1 aliphatic heterocycles. The van der Waals surface area contributed by atoms with E-state index in [1.165, 1.54) is 0 Å². The molecule has 2 N–H and O–H groups in total. The van der Waals surface area contributed by atoms with Crippen molar-refractivity contribution in [2.75, 3.05) is 18.5 Å². The zero-order chi connectivity index (χ0) is 16.4. The van der Waals surface area contributed by atoms with Crippen LogP contribution in [-0.2, 0) is 6.54 Å². The summed E-state index contributed by atoms with van der Waals surface area (Å²) in [7, 11) is 0. The Balaban J connectivity index is 1.48. The third-order valence-corrected chi connectivity index (χ3v) is 3.82. The van der Waals surface area contributed by atoms with Gasteiger partial charge in [0.2, 0.25) is 0 Å². The molecule has 0 aliphatic carbocycles. The third-order valence-electron chi connectivity index (χ3n) is 3.82. The molecule has 0 spiro atoms. The van der Waals surface area contributed by atoms with Gasteiger partial charge in [-0.15, -0.1) is 0 Å². The van der Waals surface area contributed by atoms with Gasteiger partial charge in [-0.05, 0) is 36.8 Å². The van der Waals surface area contributed by atoms with E-state index in [1.807, 2.05) is 49.4 Å².